The Bertz CT molecular complexity index is 1480. The first-order valence-electron chi connectivity index (χ1n) is 12.6. The van der Waals surface area contributed by atoms with E-state index in [9.17, 15) is 13.6 Å². The van der Waals surface area contributed by atoms with Crippen molar-refractivity contribution in [2.75, 3.05) is 11.9 Å². The van der Waals surface area contributed by atoms with Crippen molar-refractivity contribution >= 4 is 23.1 Å². The Balaban J connectivity index is 1.49. The van der Waals surface area contributed by atoms with Crippen LogP contribution in [0.15, 0.2) is 60.8 Å². The number of urea groups is 1. The second-order valence-electron chi connectivity index (χ2n) is 9.39. The van der Waals surface area contributed by atoms with E-state index in [0.717, 1.165) is 59.0 Å². The number of hydrogen-bond acceptors (Lipinski definition) is 3. The molecule has 3 heterocycles. The van der Waals surface area contributed by atoms with Crippen molar-refractivity contribution in [3.05, 3.63) is 99.7 Å². The van der Waals surface area contributed by atoms with E-state index >= 15 is 0 Å². The maximum Gasteiger partial charge on any atom is 0.323 e. The number of benzene rings is 2. The fourth-order valence-corrected chi connectivity index (χ4v) is 6.86. The smallest absolute Gasteiger partial charge is 0.323 e. The molecule has 2 amide bonds. The third-order valence-corrected chi connectivity index (χ3v) is 8.43. The predicted molar refractivity (Wildman–Crippen MR) is 141 cm³/mol. The van der Waals surface area contributed by atoms with Gasteiger partial charge in [-0.3, -0.25) is 0 Å². The lowest BCUT2D eigenvalue weighted by molar-refractivity contribution is 0.194. The molecule has 0 saturated carbocycles. The highest BCUT2D eigenvalue weighted by molar-refractivity contribution is 7.15. The standard InChI is InChI=1S/C29H27F2N3O2S/c1-2-36-20-8-5-7-18(15-20)27-25-10-6-14-33(25)28-22(21-9-3-4-11-26(21)37-28)17-34(27)29(35)32-24-13-12-19(30)16-23(24)31/h5-8,10,12-16,27H,2-4,9,11,17H2,1H3,(H,32,35)/t27-/m0/s1. The van der Waals surface area contributed by atoms with Gasteiger partial charge in [0.1, 0.15) is 22.4 Å². The molecule has 8 heteroatoms. The Morgan fingerprint density at radius 3 is 2.78 bits per heavy atom. The summed E-state index contributed by atoms with van der Waals surface area (Å²) in [6.45, 7) is 2.84. The molecule has 1 N–H and O–H groups in total. The zero-order valence-electron chi connectivity index (χ0n) is 20.5. The van der Waals surface area contributed by atoms with Crippen LogP contribution in [0.2, 0.25) is 0 Å². The van der Waals surface area contributed by atoms with Crippen LogP contribution in [0.4, 0.5) is 19.3 Å². The minimum atomic E-state index is -0.810. The van der Waals surface area contributed by atoms with Crippen molar-refractivity contribution in [2.45, 2.75) is 45.2 Å². The average molecular weight is 520 g/mol. The lowest BCUT2D eigenvalue weighted by Gasteiger charge is -2.31. The van der Waals surface area contributed by atoms with Crippen molar-refractivity contribution in [2.24, 2.45) is 0 Å². The number of hydrogen-bond donors (Lipinski definition) is 1. The molecule has 190 valence electrons. The van der Waals surface area contributed by atoms with Gasteiger partial charge in [-0.1, -0.05) is 12.1 Å². The summed E-state index contributed by atoms with van der Waals surface area (Å²) in [5.41, 5.74) is 4.27. The number of carbonyl (C=O) groups is 1. The number of nitrogens with one attached hydrogen (secondary N) is 1. The number of halogens is 2. The fourth-order valence-electron chi connectivity index (χ4n) is 5.46. The minimum absolute atomic E-state index is 0.0552. The van der Waals surface area contributed by atoms with Crippen LogP contribution >= 0.6 is 11.3 Å². The molecule has 0 unspecified atom stereocenters. The molecular formula is C29H27F2N3O2S. The van der Waals surface area contributed by atoms with Crippen molar-refractivity contribution in [3.8, 4) is 10.8 Å². The van der Waals surface area contributed by atoms with Gasteiger partial charge in [0.15, 0.2) is 0 Å². The molecule has 0 saturated heterocycles. The normalized spacial score (nSPS) is 16.4. The van der Waals surface area contributed by atoms with Crippen LogP contribution in [0.25, 0.3) is 5.00 Å². The largest absolute Gasteiger partial charge is 0.494 e. The summed E-state index contributed by atoms with van der Waals surface area (Å²) in [6.07, 6.45) is 6.39. The van der Waals surface area contributed by atoms with Gasteiger partial charge in [-0.15, -0.1) is 11.3 Å². The first-order chi connectivity index (χ1) is 18.0. The predicted octanol–water partition coefficient (Wildman–Crippen LogP) is 7.23. The summed E-state index contributed by atoms with van der Waals surface area (Å²) < 4.78 is 36.0. The molecule has 6 rings (SSSR count). The Hall–Kier alpha value is -3.65. The summed E-state index contributed by atoms with van der Waals surface area (Å²) in [4.78, 5) is 17.0. The van der Waals surface area contributed by atoms with Crippen molar-refractivity contribution in [1.82, 2.24) is 9.47 Å². The fraction of sp³-hybridized carbons (Fsp3) is 0.276. The second-order valence-corrected chi connectivity index (χ2v) is 10.5. The van der Waals surface area contributed by atoms with Gasteiger partial charge in [0, 0.05) is 22.7 Å². The van der Waals surface area contributed by atoms with E-state index in [1.165, 1.54) is 22.9 Å². The van der Waals surface area contributed by atoms with E-state index in [1.807, 2.05) is 43.3 Å². The quantitative estimate of drug-likeness (QED) is 0.309. The molecule has 1 atom stereocenters. The molecule has 5 nitrogen and oxygen atoms in total. The van der Waals surface area contributed by atoms with Gasteiger partial charge in [-0.05, 0) is 80.1 Å². The zero-order valence-corrected chi connectivity index (χ0v) is 21.3. The van der Waals surface area contributed by atoms with Gasteiger partial charge in [-0.25, -0.2) is 13.6 Å². The molecule has 0 radical (unpaired) electrons. The number of thiophene rings is 1. The Labute approximate surface area is 218 Å². The summed E-state index contributed by atoms with van der Waals surface area (Å²) in [6, 6.07) is 14.1. The van der Waals surface area contributed by atoms with Crippen molar-refractivity contribution in [3.63, 3.8) is 0 Å². The van der Waals surface area contributed by atoms with Crippen LogP contribution in [0.3, 0.4) is 0 Å². The molecule has 1 aliphatic carbocycles. The highest BCUT2D eigenvalue weighted by atomic mass is 32.1. The summed E-state index contributed by atoms with van der Waals surface area (Å²) in [5, 5.41) is 3.85. The van der Waals surface area contributed by atoms with Crippen LogP contribution < -0.4 is 10.1 Å². The van der Waals surface area contributed by atoms with E-state index in [1.54, 1.807) is 16.2 Å². The molecule has 0 fully saturated rings. The van der Waals surface area contributed by atoms with Gasteiger partial charge < -0.3 is 19.5 Å². The minimum Gasteiger partial charge on any atom is -0.494 e. The maximum atomic E-state index is 14.5. The highest BCUT2D eigenvalue weighted by Crippen LogP contribution is 2.44. The molecule has 4 aromatic rings. The SMILES string of the molecule is CCOc1cccc([C@H]2c3cccn3-c3sc4c(c3CN2C(=O)Nc2ccc(F)cc2F)CCCC4)c1. The van der Waals surface area contributed by atoms with Crippen LogP contribution in [-0.4, -0.2) is 22.1 Å². The van der Waals surface area contributed by atoms with Gasteiger partial charge >= 0.3 is 6.03 Å². The van der Waals surface area contributed by atoms with E-state index in [4.69, 9.17) is 4.74 Å². The van der Waals surface area contributed by atoms with Crippen molar-refractivity contribution < 1.29 is 18.3 Å². The summed E-state index contributed by atoms with van der Waals surface area (Å²) in [7, 11) is 0. The number of fused-ring (bicyclic) bond motifs is 5. The topological polar surface area (TPSA) is 46.5 Å². The summed E-state index contributed by atoms with van der Waals surface area (Å²) in [5.74, 6) is -0.780. The van der Waals surface area contributed by atoms with Crippen molar-refractivity contribution in [1.29, 1.82) is 0 Å². The van der Waals surface area contributed by atoms with E-state index in [0.29, 0.717) is 13.2 Å². The lowest BCUT2D eigenvalue weighted by atomic mass is 9.95. The molecule has 37 heavy (non-hydrogen) atoms. The van der Waals surface area contributed by atoms with E-state index in [-0.39, 0.29) is 5.69 Å². The molecule has 1 aliphatic heterocycles. The second kappa shape index (κ2) is 9.67. The number of carbonyl (C=O) groups excluding carboxylic acids is 1. The molecule has 2 aliphatic rings. The third-order valence-electron chi connectivity index (χ3n) is 7.10. The highest BCUT2D eigenvalue weighted by Gasteiger charge is 2.36. The van der Waals surface area contributed by atoms with Crippen LogP contribution in [-0.2, 0) is 19.4 Å². The molecule has 2 aromatic carbocycles. The zero-order chi connectivity index (χ0) is 25.5. The Kier molecular flexibility index (Phi) is 6.20. The maximum absolute atomic E-state index is 14.5. The van der Waals surface area contributed by atoms with Gasteiger partial charge in [-0.2, -0.15) is 0 Å². The first kappa shape index (κ1) is 23.7. The number of nitrogens with zero attached hydrogens (tertiary/aromatic N) is 2. The lowest BCUT2D eigenvalue weighted by Crippen LogP contribution is -2.38. The monoisotopic (exact) mass is 519 g/mol. The molecule has 0 bridgehead atoms. The number of ether oxygens (including phenoxy) is 1. The number of aryl methyl sites for hydroxylation is 1. The molecule has 0 spiro atoms. The van der Waals surface area contributed by atoms with Crippen LogP contribution in [0.1, 0.15) is 53.1 Å². The third kappa shape index (κ3) is 4.29. The van der Waals surface area contributed by atoms with Gasteiger partial charge in [0.05, 0.1) is 30.6 Å². The molecule has 2 aromatic heterocycles. The number of anilines is 1. The average Bonchev–Trinajstić information content (AvgIpc) is 3.48. The summed E-state index contributed by atoms with van der Waals surface area (Å²) >= 11 is 1.81. The van der Waals surface area contributed by atoms with E-state index in [2.05, 4.69) is 16.1 Å². The van der Waals surface area contributed by atoms with Gasteiger partial charge in [0.25, 0.3) is 0 Å². The number of aromatic nitrogens is 1. The van der Waals surface area contributed by atoms with Crippen LogP contribution in [0.5, 0.6) is 5.75 Å². The van der Waals surface area contributed by atoms with E-state index < -0.39 is 23.7 Å². The number of amides is 2. The number of rotatable bonds is 4. The first-order valence-corrected chi connectivity index (χ1v) is 13.4. The molecular weight excluding hydrogens is 492 g/mol. The Morgan fingerprint density at radius 2 is 1.95 bits per heavy atom. The van der Waals surface area contributed by atoms with Gasteiger partial charge in [0.2, 0.25) is 0 Å². The Morgan fingerprint density at radius 1 is 1.08 bits per heavy atom. The van der Waals surface area contributed by atoms with Crippen LogP contribution in [0, 0.1) is 11.6 Å².